The summed E-state index contributed by atoms with van der Waals surface area (Å²) >= 11 is 0. The molecule has 3 rings (SSSR count). The summed E-state index contributed by atoms with van der Waals surface area (Å²) in [4.78, 5) is 38.5. The van der Waals surface area contributed by atoms with Crippen LogP contribution in [0.2, 0.25) is 0 Å². The van der Waals surface area contributed by atoms with E-state index >= 15 is 0 Å². The molecule has 2 aliphatic carbocycles. The van der Waals surface area contributed by atoms with E-state index in [-0.39, 0.29) is 17.6 Å². The normalized spacial score (nSPS) is 24.6. The van der Waals surface area contributed by atoms with Crippen LogP contribution in [0.1, 0.15) is 36.0 Å². The largest absolute Gasteiger partial charge is 0.345 e. The molecule has 0 unspecified atom stereocenters. The van der Waals surface area contributed by atoms with Crippen LogP contribution in [-0.4, -0.2) is 36.6 Å². The summed E-state index contributed by atoms with van der Waals surface area (Å²) in [6.45, 7) is 0. The first kappa shape index (κ1) is 18.1. The Bertz CT molecular complexity index is 764. The van der Waals surface area contributed by atoms with Gasteiger partial charge in [-0.3, -0.25) is 14.4 Å². The van der Waals surface area contributed by atoms with Gasteiger partial charge in [-0.25, -0.2) is 0 Å². The number of ketones is 1. The molecule has 1 aromatic carbocycles. The topological polar surface area (TPSA) is 90.3 Å². The molecule has 1 N–H and O–H groups in total. The number of nitrogens with one attached hydrogen (secondary N) is 1. The van der Waals surface area contributed by atoms with Crippen molar-refractivity contribution in [2.45, 2.75) is 25.7 Å². The summed E-state index contributed by atoms with van der Waals surface area (Å²) < 4.78 is 0. The molecule has 0 heterocycles. The van der Waals surface area contributed by atoms with Gasteiger partial charge < -0.3 is 10.2 Å². The van der Waals surface area contributed by atoms with Crippen molar-refractivity contribution in [3.05, 3.63) is 29.8 Å². The Morgan fingerprint density at radius 1 is 1.15 bits per heavy atom. The SMILES string of the molecule is CN(C)C(=O)c1ccc(NC(=O)[C@H](C#N)C(=O)[C@@H]2C[C@H]3CC[C@H]2C3)cc1. The van der Waals surface area contributed by atoms with Crippen LogP contribution in [0.15, 0.2) is 24.3 Å². The zero-order chi connectivity index (χ0) is 18.8. The van der Waals surface area contributed by atoms with E-state index in [0.29, 0.717) is 23.1 Å². The lowest BCUT2D eigenvalue weighted by atomic mass is 9.81. The third-order valence-corrected chi connectivity index (χ3v) is 5.58. The van der Waals surface area contributed by atoms with Crippen LogP contribution in [0.5, 0.6) is 0 Å². The minimum atomic E-state index is -1.28. The van der Waals surface area contributed by atoms with Crippen molar-refractivity contribution in [1.82, 2.24) is 4.90 Å². The van der Waals surface area contributed by atoms with Crippen LogP contribution in [0.3, 0.4) is 0 Å². The lowest BCUT2D eigenvalue weighted by Crippen LogP contribution is -2.35. The van der Waals surface area contributed by atoms with Gasteiger partial charge in [0.1, 0.15) is 0 Å². The number of nitriles is 1. The Labute approximate surface area is 153 Å². The molecule has 1 aromatic rings. The molecule has 0 saturated heterocycles. The van der Waals surface area contributed by atoms with Crippen LogP contribution in [0.4, 0.5) is 5.69 Å². The number of hydrogen-bond donors (Lipinski definition) is 1. The smallest absolute Gasteiger partial charge is 0.253 e. The zero-order valence-corrected chi connectivity index (χ0v) is 15.1. The van der Waals surface area contributed by atoms with Crippen LogP contribution in [0, 0.1) is 35.0 Å². The molecule has 6 heteroatoms. The highest BCUT2D eigenvalue weighted by Crippen LogP contribution is 2.49. The fourth-order valence-corrected chi connectivity index (χ4v) is 4.23. The summed E-state index contributed by atoms with van der Waals surface area (Å²) in [6, 6.07) is 8.30. The van der Waals surface area contributed by atoms with Crippen molar-refractivity contribution in [2.75, 3.05) is 19.4 Å². The Morgan fingerprint density at radius 2 is 1.85 bits per heavy atom. The number of carbonyl (C=O) groups excluding carboxylic acids is 3. The van der Waals surface area contributed by atoms with Crippen LogP contribution in [-0.2, 0) is 9.59 Å². The van der Waals surface area contributed by atoms with Gasteiger partial charge in [0.15, 0.2) is 11.7 Å². The summed E-state index contributed by atoms with van der Waals surface area (Å²) in [7, 11) is 3.33. The first-order valence-corrected chi connectivity index (χ1v) is 8.96. The lowest BCUT2D eigenvalue weighted by molar-refractivity contribution is -0.132. The standard InChI is InChI=1S/C20H23N3O3/c1-23(2)20(26)13-5-7-15(8-6-13)22-19(25)17(11-21)18(24)16-10-12-3-4-14(16)9-12/h5-8,12,14,16-17H,3-4,9-10H2,1-2H3,(H,22,25)/t12-,14-,16+,17+/m0/s1. The lowest BCUT2D eigenvalue weighted by Gasteiger charge is -2.22. The van der Waals surface area contributed by atoms with Crippen molar-refractivity contribution >= 4 is 23.3 Å². The van der Waals surface area contributed by atoms with Gasteiger partial charge in [-0.1, -0.05) is 6.42 Å². The molecular formula is C20H23N3O3. The van der Waals surface area contributed by atoms with E-state index < -0.39 is 11.8 Å². The number of anilines is 1. The summed E-state index contributed by atoms with van der Waals surface area (Å²) in [5, 5.41) is 12.0. The zero-order valence-electron chi connectivity index (χ0n) is 15.1. The van der Waals surface area contributed by atoms with Crippen LogP contribution >= 0.6 is 0 Å². The maximum Gasteiger partial charge on any atom is 0.253 e. The first-order valence-electron chi connectivity index (χ1n) is 8.96. The van der Waals surface area contributed by atoms with Gasteiger partial charge in [-0.15, -0.1) is 0 Å². The highest BCUT2D eigenvalue weighted by Gasteiger charge is 2.46. The highest BCUT2D eigenvalue weighted by molar-refractivity contribution is 6.10. The Balaban J connectivity index is 1.65. The third kappa shape index (κ3) is 3.48. The van der Waals surface area contributed by atoms with Gasteiger partial charge in [-0.2, -0.15) is 5.26 Å². The highest BCUT2D eigenvalue weighted by atomic mass is 16.2. The molecule has 2 bridgehead atoms. The van der Waals surface area contributed by atoms with Crippen LogP contribution < -0.4 is 5.32 Å². The molecule has 4 atom stereocenters. The number of benzene rings is 1. The summed E-state index contributed by atoms with van der Waals surface area (Å²) in [5.41, 5.74) is 0.967. The molecule has 6 nitrogen and oxygen atoms in total. The van der Waals surface area contributed by atoms with Crippen molar-refractivity contribution in [2.24, 2.45) is 23.7 Å². The second kappa shape index (κ2) is 7.28. The fraction of sp³-hybridized carbons (Fsp3) is 0.500. The van der Waals surface area contributed by atoms with E-state index in [9.17, 15) is 19.6 Å². The molecule has 136 valence electrons. The van der Waals surface area contributed by atoms with E-state index in [1.807, 2.05) is 6.07 Å². The minimum absolute atomic E-state index is 0.135. The molecule has 0 aliphatic heterocycles. The monoisotopic (exact) mass is 353 g/mol. The van der Waals surface area contributed by atoms with Crippen molar-refractivity contribution in [1.29, 1.82) is 5.26 Å². The van der Waals surface area contributed by atoms with E-state index in [0.717, 1.165) is 25.7 Å². The van der Waals surface area contributed by atoms with Gasteiger partial charge in [0.25, 0.3) is 5.91 Å². The molecular weight excluding hydrogens is 330 g/mol. The molecule has 0 aromatic heterocycles. The number of rotatable bonds is 5. The van der Waals surface area contributed by atoms with Gasteiger partial charge in [0.05, 0.1) is 6.07 Å². The Kier molecular flexibility index (Phi) is 5.08. The second-order valence-electron chi connectivity index (χ2n) is 7.51. The molecule has 0 radical (unpaired) electrons. The Hall–Kier alpha value is -2.68. The third-order valence-electron chi connectivity index (χ3n) is 5.58. The maximum absolute atomic E-state index is 12.7. The first-order chi connectivity index (χ1) is 12.4. The summed E-state index contributed by atoms with van der Waals surface area (Å²) in [6.07, 6.45) is 4.06. The fourth-order valence-electron chi connectivity index (χ4n) is 4.23. The number of Topliss-reactive ketones (excluding diaryl/α,β-unsaturated/α-hetero) is 1. The van der Waals surface area contributed by atoms with E-state index in [1.165, 1.54) is 4.90 Å². The molecule has 2 aliphatic rings. The molecule has 0 spiro atoms. The predicted octanol–water partition coefficient (Wildman–Crippen LogP) is 2.47. The van der Waals surface area contributed by atoms with Crippen LogP contribution in [0.25, 0.3) is 0 Å². The van der Waals surface area contributed by atoms with Gasteiger partial charge in [0, 0.05) is 31.3 Å². The minimum Gasteiger partial charge on any atom is -0.345 e. The molecule has 2 amide bonds. The van der Waals surface area contributed by atoms with E-state index in [1.54, 1.807) is 38.4 Å². The molecule has 2 saturated carbocycles. The van der Waals surface area contributed by atoms with E-state index in [4.69, 9.17) is 0 Å². The predicted molar refractivity (Wildman–Crippen MR) is 96.1 cm³/mol. The number of fused-ring (bicyclic) bond motifs is 2. The van der Waals surface area contributed by atoms with Crippen molar-refractivity contribution < 1.29 is 14.4 Å². The molecule has 26 heavy (non-hydrogen) atoms. The molecule has 2 fully saturated rings. The second-order valence-corrected chi connectivity index (χ2v) is 7.51. The number of hydrogen-bond acceptors (Lipinski definition) is 4. The van der Waals surface area contributed by atoms with Gasteiger partial charge >= 0.3 is 0 Å². The van der Waals surface area contributed by atoms with Crippen molar-refractivity contribution in [3.63, 3.8) is 0 Å². The quantitative estimate of drug-likeness (QED) is 0.823. The van der Waals surface area contributed by atoms with Gasteiger partial charge in [0.2, 0.25) is 5.91 Å². The number of nitrogens with zero attached hydrogens (tertiary/aromatic N) is 2. The average molecular weight is 353 g/mol. The number of carbonyl (C=O) groups is 3. The van der Waals surface area contributed by atoms with E-state index in [2.05, 4.69) is 5.32 Å². The maximum atomic E-state index is 12.7. The van der Waals surface area contributed by atoms with Crippen molar-refractivity contribution in [3.8, 4) is 6.07 Å². The average Bonchev–Trinajstić information content (AvgIpc) is 3.25. The number of amides is 2. The summed E-state index contributed by atoms with van der Waals surface area (Å²) in [5.74, 6) is -1.47. The Morgan fingerprint density at radius 3 is 2.35 bits per heavy atom. The van der Waals surface area contributed by atoms with Gasteiger partial charge in [-0.05, 0) is 55.4 Å².